The molecule has 0 aromatic heterocycles. The van der Waals surface area contributed by atoms with E-state index >= 15 is 0 Å². The molecule has 0 atom stereocenters. The lowest BCUT2D eigenvalue weighted by molar-refractivity contribution is -0.129. The van der Waals surface area contributed by atoms with Gasteiger partial charge in [0, 0.05) is 20.0 Å². The van der Waals surface area contributed by atoms with Gasteiger partial charge in [0.15, 0.2) is 0 Å². The summed E-state index contributed by atoms with van der Waals surface area (Å²) in [4.78, 5) is 13.1. The summed E-state index contributed by atoms with van der Waals surface area (Å²) in [5.74, 6) is 0.186. The summed E-state index contributed by atoms with van der Waals surface area (Å²) in [6.45, 7) is 14.3. The smallest absolute Gasteiger partial charge is 0.219 e. The van der Waals surface area contributed by atoms with Crippen LogP contribution in [0.15, 0.2) is 0 Å². The second-order valence-corrected chi connectivity index (χ2v) is 3.36. The number of nitrogens with zero attached hydrogens (tertiary/aromatic N) is 1. The Morgan fingerprint density at radius 3 is 1.82 bits per heavy atom. The highest BCUT2D eigenvalue weighted by Crippen LogP contribution is 1.99. The van der Waals surface area contributed by atoms with Gasteiger partial charge < -0.3 is 10.6 Å². The number of rotatable bonds is 7. The van der Waals surface area contributed by atoms with Gasteiger partial charge in [-0.3, -0.25) is 4.79 Å². The molecule has 1 amide bonds. The fourth-order valence-corrected chi connectivity index (χ4v) is 1.22. The Hall–Kier alpha value is -0.570. The van der Waals surface area contributed by atoms with E-state index in [0.717, 1.165) is 45.3 Å². The van der Waals surface area contributed by atoms with Crippen LogP contribution in [0, 0.1) is 0 Å². The highest BCUT2D eigenvalue weighted by atomic mass is 16.2. The van der Waals surface area contributed by atoms with E-state index < -0.39 is 0 Å². The molecular formula is C14H34N2O. The second kappa shape index (κ2) is 20.8. The van der Waals surface area contributed by atoms with E-state index in [9.17, 15) is 4.79 Å². The van der Waals surface area contributed by atoms with Crippen LogP contribution in [0.4, 0.5) is 0 Å². The molecule has 17 heavy (non-hydrogen) atoms. The van der Waals surface area contributed by atoms with Crippen LogP contribution < -0.4 is 5.73 Å². The Labute approximate surface area is 109 Å². The lowest BCUT2D eigenvalue weighted by Gasteiger charge is -2.20. The average Bonchev–Trinajstić information content (AvgIpc) is 2.38. The molecule has 0 radical (unpaired) electrons. The SMILES string of the molecule is CC.CC.CCCCN(CCCCN)C(C)=O. The van der Waals surface area contributed by atoms with Crippen molar-refractivity contribution >= 4 is 5.91 Å². The molecular weight excluding hydrogens is 212 g/mol. The van der Waals surface area contributed by atoms with Gasteiger partial charge in [0.05, 0.1) is 0 Å². The van der Waals surface area contributed by atoms with Crippen LogP contribution in [0.1, 0.15) is 67.2 Å². The molecule has 0 fully saturated rings. The number of hydrogen-bond acceptors (Lipinski definition) is 2. The van der Waals surface area contributed by atoms with Crippen molar-refractivity contribution in [2.75, 3.05) is 19.6 Å². The molecule has 0 unspecified atom stereocenters. The van der Waals surface area contributed by atoms with E-state index in [1.165, 1.54) is 0 Å². The quantitative estimate of drug-likeness (QED) is 0.700. The maximum absolute atomic E-state index is 11.1. The fraction of sp³-hybridized carbons (Fsp3) is 0.929. The second-order valence-electron chi connectivity index (χ2n) is 3.36. The molecule has 0 rings (SSSR count). The maximum Gasteiger partial charge on any atom is 0.219 e. The molecule has 106 valence electrons. The Bertz CT molecular complexity index is 138. The van der Waals surface area contributed by atoms with Crippen LogP contribution >= 0.6 is 0 Å². The zero-order valence-electron chi connectivity index (χ0n) is 12.9. The molecule has 3 heteroatoms. The minimum absolute atomic E-state index is 0.186. The number of nitrogens with two attached hydrogens (primary N) is 1. The zero-order chi connectivity index (χ0) is 14.1. The standard InChI is InChI=1S/C10H22N2O.2C2H6/c1-3-4-8-12(10(2)13)9-6-5-7-11;2*1-2/h3-9,11H2,1-2H3;2*1-2H3. The number of amides is 1. The number of carbonyl (C=O) groups excluding carboxylic acids is 1. The summed E-state index contributed by atoms with van der Waals surface area (Å²) in [6, 6.07) is 0. The molecule has 0 aliphatic heterocycles. The largest absolute Gasteiger partial charge is 0.343 e. The minimum Gasteiger partial charge on any atom is -0.343 e. The minimum atomic E-state index is 0.186. The van der Waals surface area contributed by atoms with Crippen LogP contribution in [0.25, 0.3) is 0 Å². The fourth-order valence-electron chi connectivity index (χ4n) is 1.22. The molecule has 0 saturated heterocycles. The van der Waals surface area contributed by atoms with E-state index in [4.69, 9.17) is 5.73 Å². The van der Waals surface area contributed by atoms with Gasteiger partial charge in [-0.1, -0.05) is 41.0 Å². The van der Waals surface area contributed by atoms with Gasteiger partial charge in [0.2, 0.25) is 5.91 Å². The Balaban J connectivity index is -0.000000439. The third-order valence-corrected chi connectivity index (χ3v) is 2.11. The molecule has 0 aliphatic carbocycles. The topological polar surface area (TPSA) is 46.3 Å². The summed E-state index contributed by atoms with van der Waals surface area (Å²) >= 11 is 0. The summed E-state index contributed by atoms with van der Waals surface area (Å²) < 4.78 is 0. The molecule has 0 spiro atoms. The molecule has 2 N–H and O–H groups in total. The first kappa shape index (κ1) is 21.7. The van der Waals surface area contributed by atoms with E-state index in [0.29, 0.717) is 0 Å². The predicted molar refractivity (Wildman–Crippen MR) is 78.1 cm³/mol. The molecule has 0 bridgehead atoms. The summed E-state index contributed by atoms with van der Waals surface area (Å²) in [5.41, 5.74) is 5.39. The van der Waals surface area contributed by atoms with Crippen molar-refractivity contribution in [1.29, 1.82) is 0 Å². The van der Waals surface area contributed by atoms with Gasteiger partial charge in [-0.15, -0.1) is 0 Å². The van der Waals surface area contributed by atoms with Gasteiger partial charge in [-0.05, 0) is 25.8 Å². The highest BCUT2D eigenvalue weighted by Gasteiger charge is 2.06. The van der Waals surface area contributed by atoms with E-state index in [1.54, 1.807) is 6.92 Å². The van der Waals surface area contributed by atoms with Crippen LogP contribution in [-0.2, 0) is 4.79 Å². The van der Waals surface area contributed by atoms with Gasteiger partial charge >= 0.3 is 0 Å². The van der Waals surface area contributed by atoms with Crippen molar-refractivity contribution in [3.05, 3.63) is 0 Å². The van der Waals surface area contributed by atoms with Crippen LogP contribution in [0.5, 0.6) is 0 Å². The lowest BCUT2D eigenvalue weighted by atomic mass is 10.2. The van der Waals surface area contributed by atoms with Crippen LogP contribution in [-0.4, -0.2) is 30.4 Å². The van der Waals surface area contributed by atoms with E-state index in [-0.39, 0.29) is 5.91 Å². The van der Waals surface area contributed by atoms with Crippen LogP contribution in [0.2, 0.25) is 0 Å². The lowest BCUT2D eigenvalue weighted by Crippen LogP contribution is -2.31. The molecule has 0 saturated carbocycles. The van der Waals surface area contributed by atoms with Gasteiger partial charge in [0.25, 0.3) is 0 Å². The molecule has 3 nitrogen and oxygen atoms in total. The van der Waals surface area contributed by atoms with Gasteiger partial charge in [-0.25, -0.2) is 0 Å². The molecule has 0 aromatic carbocycles. The average molecular weight is 246 g/mol. The first-order chi connectivity index (χ1) is 8.22. The van der Waals surface area contributed by atoms with Gasteiger partial charge in [-0.2, -0.15) is 0 Å². The van der Waals surface area contributed by atoms with Crippen molar-refractivity contribution in [3.8, 4) is 0 Å². The first-order valence-electron chi connectivity index (χ1n) is 7.18. The van der Waals surface area contributed by atoms with Crippen LogP contribution in [0.3, 0.4) is 0 Å². The van der Waals surface area contributed by atoms with Crippen molar-refractivity contribution in [2.45, 2.75) is 67.2 Å². The van der Waals surface area contributed by atoms with Crippen molar-refractivity contribution in [1.82, 2.24) is 4.90 Å². The summed E-state index contributed by atoms with van der Waals surface area (Å²) in [5, 5.41) is 0. The third-order valence-electron chi connectivity index (χ3n) is 2.11. The Morgan fingerprint density at radius 2 is 1.47 bits per heavy atom. The highest BCUT2D eigenvalue weighted by molar-refractivity contribution is 5.73. The third kappa shape index (κ3) is 18.0. The number of hydrogen-bond donors (Lipinski definition) is 1. The predicted octanol–water partition coefficient (Wildman–Crippen LogP) is 3.43. The van der Waals surface area contributed by atoms with Crippen molar-refractivity contribution in [2.24, 2.45) is 5.73 Å². The molecule has 0 aliphatic rings. The summed E-state index contributed by atoms with van der Waals surface area (Å²) in [7, 11) is 0. The number of carbonyl (C=O) groups is 1. The first-order valence-corrected chi connectivity index (χ1v) is 7.18. The summed E-state index contributed by atoms with van der Waals surface area (Å²) in [6.07, 6.45) is 4.28. The normalized spacial score (nSPS) is 8.41. The van der Waals surface area contributed by atoms with E-state index in [2.05, 4.69) is 6.92 Å². The monoisotopic (exact) mass is 246 g/mol. The molecule has 0 aromatic rings. The maximum atomic E-state index is 11.1. The van der Waals surface area contributed by atoms with Crippen molar-refractivity contribution in [3.63, 3.8) is 0 Å². The van der Waals surface area contributed by atoms with Gasteiger partial charge in [0.1, 0.15) is 0 Å². The Kier molecular flexibility index (Phi) is 26.5. The number of unbranched alkanes of at least 4 members (excludes halogenated alkanes) is 2. The van der Waals surface area contributed by atoms with E-state index in [1.807, 2.05) is 32.6 Å². The Morgan fingerprint density at radius 1 is 1.00 bits per heavy atom. The molecule has 0 heterocycles. The zero-order valence-corrected chi connectivity index (χ0v) is 12.9. The van der Waals surface area contributed by atoms with Crippen molar-refractivity contribution < 1.29 is 4.79 Å².